The molecule has 3 nitrogen and oxygen atoms in total. The van der Waals surface area contributed by atoms with Crippen LogP contribution in [0.5, 0.6) is 0 Å². The van der Waals surface area contributed by atoms with Crippen LogP contribution in [0.25, 0.3) is 0 Å². The Bertz CT molecular complexity index is 484. The highest BCUT2D eigenvalue weighted by Gasteiger charge is 2.13. The van der Waals surface area contributed by atoms with Crippen LogP contribution in [0.2, 0.25) is 0 Å². The summed E-state index contributed by atoms with van der Waals surface area (Å²) in [6.07, 6.45) is 3.71. The molecule has 1 atom stereocenters. The first kappa shape index (κ1) is 14.7. The molecule has 0 aliphatic heterocycles. The summed E-state index contributed by atoms with van der Waals surface area (Å²) in [4.78, 5) is 6.52. The number of aromatic nitrogens is 1. The van der Waals surface area contributed by atoms with E-state index in [1.165, 1.54) is 11.1 Å². The van der Waals surface area contributed by atoms with E-state index < -0.39 is 0 Å². The Morgan fingerprint density at radius 1 is 1.10 bits per heavy atom. The Kier molecular flexibility index (Phi) is 5.71. The molecule has 0 spiro atoms. The van der Waals surface area contributed by atoms with Gasteiger partial charge in [-0.3, -0.25) is 9.88 Å². The van der Waals surface area contributed by atoms with Crippen molar-refractivity contribution in [2.24, 2.45) is 0 Å². The predicted octanol–water partition coefficient (Wildman–Crippen LogP) is 2.86. The van der Waals surface area contributed by atoms with Crippen molar-refractivity contribution < 1.29 is 0 Å². The van der Waals surface area contributed by atoms with E-state index in [-0.39, 0.29) is 0 Å². The summed E-state index contributed by atoms with van der Waals surface area (Å²) >= 11 is 0. The fourth-order valence-corrected chi connectivity index (χ4v) is 2.36. The van der Waals surface area contributed by atoms with Crippen LogP contribution >= 0.6 is 0 Å². The summed E-state index contributed by atoms with van der Waals surface area (Å²) in [5.41, 5.74) is 2.65. The molecule has 106 valence electrons. The lowest BCUT2D eigenvalue weighted by molar-refractivity contribution is 0.250. The third kappa shape index (κ3) is 4.15. The zero-order chi connectivity index (χ0) is 14.2. The third-order valence-electron chi connectivity index (χ3n) is 3.59. The van der Waals surface area contributed by atoms with Crippen LogP contribution in [0, 0.1) is 0 Å². The smallest absolute Gasteiger partial charge is 0.0447 e. The van der Waals surface area contributed by atoms with Gasteiger partial charge in [-0.1, -0.05) is 37.3 Å². The molecule has 2 rings (SSSR count). The van der Waals surface area contributed by atoms with E-state index in [2.05, 4.69) is 64.6 Å². The summed E-state index contributed by atoms with van der Waals surface area (Å²) in [5, 5.41) is 3.41. The molecule has 1 aromatic carbocycles. The largest absolute Gasteiger partial charge is 0.312 e. The van der Waals surface area contributed by atoms with Gasteiger partial charge in [0.05, 0.1) is 0 Å². The molecule has 1 unspecified atom stereocenters. The van der Waals surface area contributed by atoms with Crippen LogP contribution < -0.4 is 5.32 Å². The first-order valence-corrected chi connectivity index (χ1v) is 7.17. The lowest BCUT2D eigenvalue weighted by atomic mass is 10.1. The van der Waals surface area contributed by atoms with Crippen LogP contribution in [0.1, 0.15) is 24.1 Å². The van der Waals surface area contributed by atoms with Crippen molar-refractivity contribution in [1.82, 2.24) is 15.2 Å². The molecular weight excluding hydrogens is 246 g/mol. The molecule has 0 saturated heterocycles. The fourth-order valence-electron chi connectivity index (χ4n) is 2.36. The summed E-state index contributed by atoms with van der Waals surface area (Å²) in [6.45, 7) is 5.20. The van der Waals surface area contributed by atoms with E-state index in [1.54, 1.807) is 0 Å². The van der Waals surface area contributed by atoms with Crippen molar-refractivity contribution in [3.8, 4) is 0 Å². The highest BCUT2D eigenvalue weighted by molar-refractivity contribution is 5.19. The first-order chi connectivity index (χ1) is 9.83. The number of pyridine rings is 1. The highest BCUT2D eigenvalue weighted by Crippen LogP contribution is 2.15. The lowest BCUT2D eigenvalue weighted by Gasteiger charge is -2.26. The van der Waals surface area contributed by atoms with Gasteiger partial charge in [-0.15, -0.1) is 0 Å². The zero-order valence-corrected chi connectivity index (χ0v) is 12.3. The molecule has 1 N–H and O–H groups in total. The minimum Gasteiger partial charge on any atom is -0.312 e. The quantitative estimate of drug-likeness (QED) is 0.837. The van der Waals surface area contributed by atoms with Gasteiger partial charge < -0.3 is 5.32 Å². The fraction of sp³-hybridized carbons (Fsp3) is 0.353. The van der Waals surface area contributed by atoms with Crippen molar-refractivity contribution >= 4 is 0 Å². The number of likely N-dealkylation sites (N-methyl/N-ethyl adjacent to an activating group) is 2. The Hall–Kier alpha value is -1.71. The monoisotopic (exact) mass is 269 g/mol. The summed E-state index contributed by atoms with van der Waals surface area (Å²) in [6, 6.07) is 15.1. The lowest BCUT2D eigenvalue weighted by Crippen LogP contribution is -2.33. The van der Waals surface area contributed by atoms with E-state index in [1.807, 2.05) is 19.4 Å². The molecule has 3 heteroatoms. The third-order valence-corrected chi connectivity index (χ3v) is 3.59. The van der Waals surface area contributed by atoms with Gasteiger partial charge in [-0.25, -0.2) is 0 Å². The Morgan fingerprint density at radius 2 is 1.80 bits per heavy atom. The van der Waals surface area contributed by atoms with Gasteiger partial charge in [0.15, 0.2) is 0 Å². The summed E-state index contributed by atoms with van der Waals surface area (Å²) in [5.74, 6) is 0. The molecule has 0 bridgehead atoms. The number of hydrogen-bond donors (Lipinski definition) is 1. The van der Waals surface area contributed by atoms with Crippen LogP contribution in [-0.2, 0) is 6.54 Å². The second kappa shape index (κ2) is 7.78. The predicted molar refractivity (Wildman–Crippen MR) is 83.4 cm³/mol. The minimum atomic E-state index is 0.359. The van der Waals surface area contributed by atoms with Gasteiger partial charge in [0.25, 0.3) is 0 Å². The molecule has 1 aromatic heterocycles. The normalized spacial score (nSPS) is 12.6. The number of rotatable bonds is 7. The zero-order valence-electron chi connectivity index (χ0n) is 12.3. The highest BCUT2D eigenvalue weighted by atomic mass is 15.1. The number of hydrogen-bond acceptors (Lipinski definition) is 3. The van der Waals surface area contributed by atoms with Crippen molar-refractivity contribution in [1.29, 1.82) is 0 Å². The molecular formula is C17H23N3. The van der Waals surface area contributed by atoms with Crippen molar-refractivity contribution in [3.05, 3.63) is 66.0 Å². The molecule has 2 aromatic rings. The molecule has 20 heavy (non-hydrogen) atoms. The van der Waals surface area contributed by atoms with Gasteiger partial charge in [-0.05, 0) is 36.9 Å². The van der Waals surface area contributed by atoms with E-state index in [0.29, 0.717) is 6.04 Å². The number of benzene rings is 1. The SMILES string of the molecule is CCN(Cc1ccncc1)CC(NC)c1ccccc1. The average Bonchev–Trinajstić information content (AvgIpc) is 2.53. The Morgan fingerprint density at radius 3 is 2.40 bits per heavy atom. The number of nitrogens with one attached hydrogen (secondary N) is 1. The molecule has 1 heterocycles. The maximum absolute atomic E-state index is 4.07. The maximum Gasteiger partial charge on any atom is 0.0447 e. The molecule has 0 aliphatic carbocycles. The summed E-state index contributed by atoms with van der Waals surface area (Å²) < 4.78 is 0. The molecule has 0 aliphatic rings. The molecule has 0 saturated carbocycles. The van der Waals surface area contributed by atoms with E-state index in [4.69, 9.17) is 0 Å². The Labute approximate surface area is 121 Å². The van der Waals surface area contributed by atoms with Crippen LogP contribution in [-0.4, -0.2) is 30.0 Å². The van der Waals surface area contributed by atoms with E-state index in [9.17, 15) is 0 Å². The standard InChI is InChI=1S/C17H23N3/c1-3-20(13-15-9-11-19-12-10-15)14-17(18-2)16-7-5-4-6-8-16/h4-12,17-18H,3,13-14H2,1-2H3. The van der Waals surface area contributed by atoms with Crippen molar-refractivity contribution in [2.75, 3.05) is 20.1 Å². The second-order valence-electron chi connectivity index (χ2n) is 4.94. The van der Waals surface area contributed by atoms with Gasteiger partial charge >= 0.3 is 0 Å². The van der Waals surface area contributed by atoms with Crippen LogP contribution in [0.4, 0.5) is 0 Å². The van der Waals surface area contributed by atoms with Crippen LogP contribution in [0.15, 0.2) is 54.9 Å². The van der Waals surface area contributed by atoms with E-state index >= 15 is 0 Å². The number of nitrogens with zero attached hydrogens (tertiary/aromatic N) is 2. The minimum absolute atomic E-state index is 0.359. The Balaban J connectivity index is 2.01. The average molecular weight is 269 g/mol. The first-order valence-electron chi connectivity index (χ1n) is 7.17. The molecule has 0 radical (unpaired) electrons. The van der Waals surface area contributed by atoms with Crippen molar-refractivity contribution in [2.45, 2.75) is 19.5 Å². The topological polar surface area (TPSA) is 28.2 Å². The second-order valence-corrected chi connectivity index (χ2v) is 4.94. The summed E-state index contributed by atoms with van der Waals surface area (Å²) in [7, 11) is 2.03. The van der Waals surface area contributed by atoms with Gasteiger partial charge in [-0.2, -0.15) is 0 Å². The molecule has 0 fully saturated rings. The van der Waals surface area contributed by atoms with Gasteiger partial charge in [0.2, 0.25) is 0 Å². The van der Waals surface area contributed by atoms with E-state index in [0.717, 1.165) is 19.6 Å². The van der Waals surface area contributed by atoms with Gasteiger partial charge in [0, 0.05) is 31.5 Å². The van der Waals surface area contributed by atoms with Crippen molar-refractivity contribution in [3.63, 3.8) is 0 Å². The van der Waals surface area contributed by atoms with Crippen LogP contribution in [0.3, 0.4) is 0 Å². The molecule has 0 amide bonds. The van der Waals surface area contributed by atoms with Gasteiger partial charge in [0.1, 0.15) is 0 Å². The maximum atomic E-state index is 4.07.